The smallest absolute Gasteiger partial charge is 0.239 e. The molecule has 94 valence electrons. The van der Waals surface area contributed by atoms with Crippen LogP contribution in [0, 0.1) is 5.82 Å². The number of amides is 1. The molecule has 0 aliphatic rings. The summed E-state index contributed by atoms with van der Waals surface area (Å²) in [5, 5.41) is 0.320. The fourth-order valence-corrected chi connectivity index (χ4v) is 1.73. The van der Waals surface area contributed by atoms with Gasteiger partial charge in [-0.1, -0.05) is 17.7 Å². The maximum Gasteiger partial charge on any atom is 0.239 e. The van der Waals surface area contributed by atoms with E-state index < -0.39 is 11.9 Å². The van der Waals surface area contributed by atoms with Crippen molar-refractivity contribution in [3.8, 4) is 0 Å². The Morgan fingerprint density at radius 2 is 2.24 bits per heavy atom. The standard InChI is InChI=1S/C12H16ClFN2O/c1-3-16(12(17)8(2)15)7-9-10(13)5-4-6-11(9)14/h4-6,8H,3,7,15H2,1-2H3/t8-/m0/s1. The second-order valence-electron chi connectivity index (χ2n) is 3.84. The summed E-state index contributed by atoms with van der Waals surface area (Å²) in [4.78, 5) is 13.2. The average molecular weight is 259 g/mol. The van der Waals surface area contributed by atoms with E-state index in [0.717, 1.165) is 0 Å². The number of hydrogen-bond acceptors (Lipinski definition) is 2. The van der Waals surface area contributed by atoms with E-state index >= 15 is 0 Å². The SMILES string of the molecule is CCN(Cc1c(F)cccc1Cl)C(=O)[C@H](C)N. The minimum Gasteiger partial charge on any atom is -0.337 e. The fraction of sp³-hybridized carbons (Fsp3) is 0.417. The van der Waals surface area contributed by atoms with Gasteiger partial charge >= 0.3 is 0 Å². The van der Waals surface area contributed by atoms with E-state index in [1.165, 1.54) is 17.0 Å². The molecular weight excluding hydrogens is 243 g/mol. The second kappa shape index (κ2) is 5.98. The van der Waals surface area contributed by atoms with Crippen LogP contribution in [0.4, 0.5) is 4.39 Å². The molecule has 0 heterocycles. The molecule has 3 nitrogen and oxygen atoms in total. The van der Waals surface area contributed by atoms with E-state index in [1.807, 2.05) is 6.92 Å². The molecule has 1 aromatic carbocycles. The highest BCUT2D eigenvalue weighted by atomic mass is 35.5. The van der Waals surface area contributed by atoms with Crippen molar-refractivity contribution in [3.63, 3.8) is 0 Å². The van der Waals surface area contributed by atoms with Gasteiger partial charge in [0.25, 0.3) is 0 Å². The number of carbonyl (C=O) groups is 1. The van der Waals surface area contributed by atoms with Gasteiger partial charge in [-0.05, 0) is 26.0 Å². The summed E-state index contributed by atoms with van der Waals surface area (Å²) in [5.41, 5.74) is 5.85. The number of carbonyl (C=O) groups excluding carboxylic acids is 1. The molecule has 17 heavy (non-hydrogen) atoms. The number of nitrogens with two attached hydrogens (primary N) is 1. The van der Waals surface area contributed by atoms with Gasteiger partial charge in [-0.15, -0.1) is 0 Å². The monoisotopic (exact) mass is 258 g/mol. The van der Waals surface area contributed by atoms with Crippen molar-refractivity contribution in [1.82, 2.24) is 4.90 Å². The quantitative estimate of drug-likeness (QED) is 0.900. The summed E-state index contributed by atoms with van der Waals surface area (Å²) in [6.45, 7) is 4.02. The van der Waals surface area contributed by atoms with Gasteiger partial charge in [0.05, 0.1) is 12.6 Å². The molecule has 2 N–H and O–H groups in total. The Hall–Kier alpha value is -1.13. The molecule has 5 heteroatoms. The molecule has 0 bridgehead atoms. The van der Waals surface area contributed by atoms with E-state index in [1.54, 1.807) is 13.0 Å². The highest BCUT2D eigenvalue weighted by molar-refractivity contribution is 6.31. The molecule has 1 amide bonds. The lowest BCUT2D eigenvalue weighted by Crippen LogP contribution is -2.41. The highest BCUT2D eigenvalue weighted by Gasteiger charge is 2.18. The Morgan fingerprint density at radius 1 is 1.59 bits per heavy atom. The summed E-state index contributed by atoms with van der Waals surface area (Å²) in [6.07, 6.45) is 0. The summed E-state index contributed by atoms with van der Waals surface area (Å²) >= 11 is 5.91. The predicted octanol–water partition coefficient (Wildman–Crippen LogP) is 2.17. The molecule has 0 aromatic heterocycles. The van der Waals surface area contributed by atoms with Gasteiger partial charge in [-0.25, -0.2) is 4.39 Å². The topological polar surface area (TPSA) is 46.3 Å². The van der Waals surface area contributed by atoms with Crippen molar-refractivity contribution in [3.05, 3.63) is 34.6 Å². The van der Waals surface area contributed by atoms with Crippen LogP contribution in [0.25, 0.3) is 0 Å². The van der Waals surface area contributed by atoms with Crippen molar-refractivity contribution in [2.24, 2.45) is 5.73 Å². The van der Waals surface area contributed by atoms with E-state index in [2.05, 4.69) is 0 Å². The summed E-state index contributed by atoms with van der Waals surface area (Å²) < 4.78 is 13.6. The van der Waals surface area contributed by atoms with Crippen LogP contribution in [-0.4, -0.2) is 23.4 Å². The third kappa shape index (κ3) is 3.41. The van der Waals surface area contributed by atoms with Gasteiger partial charge in [0.2, 0.25) is 5.91 Å². The van der Waals surface area contributed by atoms with Crippen molar-refractivity contribution < 1.29 is 9.18 Å². The molecule has 0 saturated heterocycles. The molecule has 0 aliphatic heterocycles. The van der Waals surface area contributed by atoms with Gasteiger partial charge in [0.15, 0.2) is 0 Å². The Kier molecular flexibility index (Phi) is 4.90. The largest absolute Gasteiger partial charge is 0.337 e. The van der Waals surface area contributed by atoms with Crippen LogP contribution in [0.5, 0.6) is 0 Å². The van der Waals surface area contributed by atoms with Gasteiger partial charge < -0.3 is 10.6 Å². The molecule has 1 rings (SSSR count). The second-order valence-corrected chi connectivity index (χ2v) is 4.25. The number of benzene rings is 1. The lowest BCUT2D eigenvalue weighted by molar-refractivity contribution is -0.132. The Balaban J connectivity index is 2.92. The average Bonchev–Trinajstić information content (AvgIpc) is 2.28. The van der Waals surface area contributed by atoms with Gasteiger partial charge in [0, 0.05) is 17.1 Å². The Bertz CT molecular complexity index is 389. The van der Waals surface area contributed by atoms with Crippen LogP contribution in [-0.2, 0) is 11.3 Å². The first kappa shape index (κ1) is 13.9. The van der Waals surface area contributed by atoms with Crippen LogP contribution in [0.3, 0.4) is 0 Å². The summed E-state index contributed by atoms with van der Waals surface area (Å²) in [5.74, 6) is -0.625. The summed E-state index contributed by atoms with van der Waals surface area (Å²) in [7, 11) is 0. The maximum atomic E-state index is 13.6. The third-order valence-corrected chi connectivity index (χ3v) is 2.85. The Labute approximate surface area is 105 Å². The molecule has 0 aliphatic carbocycles. The first-order chi connectivity index (χ1) is 7.97. The zero-order valence-corrected chi connectivity index (χ0v) is 10.7. The van der Waals surface area contributed by atoms with Gasteiger partial charge in [-0.3, -0.25) is 4.79 Å². The molecule has 0 unspecified atom stereocenters. The van der Waals surface area contributed by atoms with E-state index in [4.69, 9.17) is 17.3 Å². The maximum absolute atomic E-state index is 13.6. The van der Waals surface area contributed by atoms with Crippen LogP contribution >= 0.6 is 11.6 Å². The zero-order chi connectivity index (χ0) is 13.0. The number of hydrogen-bond donors (Lipinski definition) is 1. The van der Waals surface area contributed by atoms with Crippen molar-refractivity contribution >= 4 is 17.5 Å². The lowest BCUT2D eigenvalue weighted by Gasteiger charge is -2.23. The van der Waals surface area contributed by atoms with Crippen molar-refractivity contribution in [2.45, 2.75) is 26.4 Å². The van der Waals surface area contributed by atoms with E-state index in [0.29, 0.717) is 17.1 Å². The summed E-state index contributed by atoms with van der Waals surface area (Å²) in [6, 6.07) is 3.86. The van der Waals surface area contributed by atoms with Gasteiger partial charge in [-0.2, -0.15) is 0 Å². The number of halogens is 2. The van der Waals surface area contributed by atoms with E-state index in [9.17, 15) is 9.18 Å². The molecule has 0 radical (unpaired) electrons. The third-order valence-electron chi connectivity index (χ3n) is 2.49. The lowest BCUT2D eigenvalue weighted by atomic mass is 10.2. The fourth-order valence-electron chi connectivity index (χ4n) is 1.51. The normalized spacial score (nSPS) is 12.3. The first-order valence-corrected chi connectivity index (χ1v) is 5.82. The van der Waals surface area contributed by atoms with E-state index in [-0.39, 0.29) is 12.5 Å². The van der Waals surface area contributed by atoms with Gasteiger partial charge in [0.1, 0.15) is 5.82 Å². The molecule has 1 aromatic rings. The molecule has 1 atom stereocenters. The number of nitrogens with zero attached hydrogens (tertiary/aromatic N) is 1. The van der Waals surface area contributed by atoms with Crippen molar-refractivity contribution in [2.75, 3.05) is 6.54 Å². The zero-order valence-electron chi connectivity index (χ0n) is 9.91. The number of likely N-dealkylation sites (N-methyl/N-ethyl adjacent to an activating group) is 1. The highest BCUT2D eigenvalue weighted by Crippen LogP contribution is 2.20. The molecule has 0 spiro atoms. The molecule has 0 saturated carbocycles. The van der Waals surface area contributed by atoms with Crippen LogP contribution < -0.4 is 5.73 Å². The minimum atomic E-state index is -0.597. The molecular formula is C12H16ClFN2O. The predicted molar refractivity (Wildman–Crippen MR) is 66.2 cm³/mol. The minimum absolute atomic E-state index is 0.141. The number of rotatable bonds is 4. The van der Waals surface area contributed by atoms with Crippen molar-refractivity contribution in [1.29, 1.82) is 0 Å². The van der Waals surface area contributed by atoms with Crippen LogP contribution in [0.2, 0.25) is 5.02 Å². The first-order valence-electron chi connectivity index (χ1n) is 5.44. The van der Waals surface area contributed by atoms with Crippen LogP contribution in [0.15, 0.2) is 18.2 Å². The Morgan fingerprint density at radius 3 is 2.71 bits per heavy atom. The van der Waals surface area contributed by atoms with Crippen LogP contribution in [0.1, 0.15) is 19.4 Å². The molecule has 0 fully saturated rings.